The smallest absolute Gasteiger partial charge is 0.205 e. The van der Waals surface area contributed by atoms with Crippen LogP contribution < -0.4 is 0 Å². The first-order valence-electron chi connectivity index (χ1n) is 6.26. The number of hydrogen-bond acceptors (Lipinski definition) is 2. The fourth-order valence-electron chi connectivity index (χ4n) is 1.73. The number of benzene rings is 1. The lowest BCUT2D eigenvalue weighted by molar-refractivity contribution is 0.0900. The fraction of sp³-hybridized carbons (Fsp3) is 0.462. The van der Waals surface area contributed by atoms with E-state index in [-0.39, 0.29) is 0 Å². The number of fused-ring (bicyclic) bond motifs is 1. The number of halogens is 2. The Hall–Kier alpha value is -0.113. The van der Waals surface area contributed by atoms with E-state index in [1.165, 1.54) is 0 Å². The lowest BCUT2D eigenvalue weighted by Crippen LogP contribution is -2.22. The molecule has 0 N–H and O–H groups in total. The molecular formula is C13H18ClIN2OSi. The molecule has 0 aliphatic carbocycles. The van der Waals surface area contributed by atoms with Gasteiger partial charge in [-0.2, -0.15) is 0 Å². The number of ether oxygens (including phenoxy) is 1. The molecule has 0 saturated carbocycles. The van der Waals surface area contributed by atoms with Gasteiger partial charge in [-0.1, -0.05) is 19.6 Å². The highest BCUT2D eigenvalue weighted by molar-refractivity contribution is 14.1. The highest BCUT2D eigenvalue weighted by Crippen LogP contribution is 2.22. The molecule has 0 amide bonds. The van der Waals surface area contributed by atoms with Crippen molar-refractivity contribution in [2.45, 2.75) is 32.4 Å². The predicted octanol–water partition coefficient (Wildman–Crippen LogP) is 4.61. The van der Waals surface area contributed by atoms with Crippen LogP contribution in [0.2, 0.25) is 31.0 Å². The van der Waals surface area contributed by atoms with Gasteiger partial charge in [0.2, 0.25) is 5.28 Å². The van der Waals surface area contributed by atoms with Crippen LogP contribution >= 0.6 is 34.2 Å². The first-order chi connectivity index (χ1) is 8.87. The lowest BCUT2D eigenvalue weighted by atomic mass is 10.3. The average Bonchev–Trinajstić information content (AvgIpc) is 2.58. The second kappa shape index (κ2) is 6.11. The number of nitrogens with zero attached hydrogens (tertiary/aromatic N) is 2. The van der Waals surface area contributed by atoms with Crippen molar-refractivity contribution < 1.29 is 4.74 Å². The SMILES string of the molecule is C[Si](C)(C)CCOCn1c(Cl)nc2cc(I)ccc21. The number of rotatable bonds is 5. The Balaban J connectivity index is 2.06. The summed E-state index contributed by atoms with van der Waals surface area (Å²) in [6, 6.07) is 7.28. The second-order valence-corrected chi connectivity index (χ2v) is 13.0. The molecule has 6 heteroatoms. The maximum atomic E-state index is 6.17. The Morgan fingerprint density at radius 3 is 2.79 bits per heavy atom. The summed E-state index contributed by atoms with van der Waals surface area (Å²) in [7, 11) is -1.04. The van der Waals surface area contributed by atoms with E-state index in [1.54, 1.807) is 0 Å². The maximum Gasteiger partial charge on any atom is 0.205 e. The first kappa shape index (κ1) is 15.3. The lowest BCUT2D eigenvalue weighted by Gasteiger charge is -2.15. The van der Waals surface area contributed by atoms with Crippen molar-refractivity contribution >= 4 is 53.3 Å². The van der Waals surface area contributed by atoms with Crippen molar-refractivity contribution in [3.05, 3.63) is 27.1 Å². The van der Waals surface area contributed by atoms with Crippen molar-refractivity contribution in [2.24, 2.45) is 0 Å². The highest BCUT2D eigenvalue weighted by atomic mass is 127. The van der Waals surface area contributed by atoms with Crippen LogP contribution in [0.25, 0.3) is 11.0 Å². The molecule has 0 radical (unpaired) electrons. The van der Waals surface area contributed by atoms with E-state index in [2.05, 4.69) is 53.3 Å². The Morgan fingerprint density at radius 2 is 2.11 bits per heavy atom. The van der Waals surface area contributed by atoms with Crippen LogP contribution in [0.4, 0.5) is 0 Å². The number of imidazole rings is 1. The summed E-state index contributed by atoms with van der Waals surface area (Å²) in [5.41, 5.74) is 1.95. The monoisotopic (exact) mass is 408 g/mol. The molecule has 0 aliphatic heterocycles. The van der Waals surface area contributed by atoms with Gasteiger partial charge in [-0.25, -0.2) is 4.98 Å². The summed E-state index contributed by atoms with van der Waals surface area (Å²) >= 11 is 8.44. The summed E-state index contributed by atoms with van der Waals surface area (Å²) in [5, 5.41) is 0.491. The Kier molecular flexibility index (Phi) is 4.92. The summed E-state index contributed by atoms with van der Waals surface area (Å²) < 4.78 is 8.82. The molecule has 0 aliphatic rings. The Labute approximate surface area is 133 Å². The van der Waals surface area contributed by atoms with Gasteiger partial charge >= 0.3 is 0 Å². The molecule has 104 valence electrons. The van der Waals surface area contributed by atoms with Crippen molar-refractivity contribution in [3.63, 3.8) is 0 Å². The first-order valence-corrected chi connectivity index (χ1v) is 11.4. The minimum atomic E-state index is -1.04. The number of aromatic nitrogens is 2. The quantitative estimate of drug-likeness (QED) is 0.410. The third-order valence-corrected chi connectivity index (χ3v) is 5.54. The van der Waals surface area contributed by atoms with Gasteiger partial charge in [-0.15, -0.1) is 0 Å². The predicted molar refractivity (Wildman–Crippen MR) is 91.6 cm³/mol. The topological polar surface area (TPSA) is 27.1 Å². The standard InChI is InChI=1S/C13H18ClIN2OSi/c1-19(2,3)7-6-18-9-17-12-5-4-10(15)8-11(12)16-13(17)14/h4-5,8H,6-7,9H2,1-3H3. The van der Waals surface area contributed by atoms with Crippen LogP contribution in [0, 0.1) is 3.57 Å². The molecule has 2 rings (SSSR count). The molecule has 0 atom stereocenters. The Bertz CT molecular complexity index is 580. The van der Waals surface area contributed by atoms with Crippen LogP contribution in [-0.4, -0.2) is 24.2 Å². The molecule has 0 bridgehead atoms. The molecule has 1 aromatic heterocycles. The normalized spacial score (nSPS) is 12.3. The summed E-state index contributed by atoms with van der Waals surface area (Å²) in [5.74, 6) is 0. The zero-order valence-electron chi connectivity index (χ0n) is 11.4. The summed E-state index contributed by atoms with van der Waals surface area (Å²) in [6.07, 6.45) is 0. The molecule has 2 aromatic rings. The van der Waals surface area contributed by atoms with Gasteiger partial charge in [0.1, 0.15) is 6.73 Å². The van der Waals surface area contributed by atoms with E-state index in [9.17, 15) is 0 Å². The van der Waals surface area contributed by atoms with Gasteiger partial charge in [-0.3, -0.25) is 4.57 Å². The summed E-state index contributed by atoms with van der Waals surface area (Å²) in [4.78, 5) is 4.35. The van der Waals surface area contributed by atoms with E-state index in [0.29, 0.717) is 12.0 Å². The maximum absolute atomic E-state index is 6.17. The zero-order valence-corrected chi connectivity index (χ0v) is 15.3. The molecule has 19 heavy (non-hydrogen) atoms. The van der Waals surface area contributed by atoms with Crippen LogP contribution in [0.3, 0.4) is 0 Å². The van der Waals surface area contributed by atoms with Crippen molar-refractivity contribution in [1.82, 2.24) is 9.55 Å². The van der Waals surface area contributed by atoms with Gasteiger partial charge in [0.15, 0.2) is 0 Å². The molecule has 3 nitrogen and oxygen atoms in total. The summed E-state index contributed by atoms with van der Waals surface area (Å²) in [6.45, 7) is 8.30. The molecule has 1 heterocycles. The molecule has 0 saturated heterocycles. The molecule has 0 spiro atoms. The van der Waals surface area contributed by atoms with Crippen LogP contribution in [-0.2, 0) is 11.5 Å². The van der Waals surface area contributed by atoms with E-state index < -0.39 is 8.07 Å². The van der Waals surface area contributed by atoms with Gasteiger partial charge in [0, 0.05) is 18.3 Å². The fourth-order valence-corrected chi connectivity index (χ4v) is 3.19. The third kappa shape index (κ3) is 4.17. The largest absolute Gasteiger partial charge is 0.361 e. The highest BCUT2D eigenvalue weighted by Gasteiger charge is 2.13. The minimum absolute atomic E-state index is 0.473. The van der Waals surface area contributed by atoms with Gasteiger partial charge in [-0.05, 0) is 58.4 Å². The van der Waals surface area contributed by atoms with E-state index >= 15 is 0 Å². The molecule has 1 aromatic carbocycles. The Morgan fingerprint density at radius 1 is 1.37 bits per heavy atom. The van der Waals surface area contributed by atoms with Crippen LogP contribution in [0.1, 0.15) is 0 Å². The number of hydrogen-bond donors (Lipinski definition) is 0. The third-order valence-electron chi connectivity index (χ3n) is 2.88. The average molecular weight is 409 g/mol. The molecule has 0 unspecified atom stereocenters. The van der Waals surface area contributed by atoms with Gasteiger partial charge in [0.25, 0.3) is 0 Å². The zero-order chi connectivity index (χ0) is 14.0. The van der Waals surface area contributed by atoms with E-state index in [1.807, 2.05) is 16.7 Å². The van der Waals surface area contributed by atoms with Gasteiger partial charge < -0.3 is 4.74 Å². The second-order valence-electron chi connectivity index (χ2n) is 5.79. The van der Waals surface area contributed by atoms with E-state index in [0.717, 1.165) is 27.3 Å². The molecular weight excluding hydrogens is 391 g/mol. The van der Waals surface area contributed by atoms with E-state index in [4.69, 9.17) is 16.3 Å². The molecule has 0 fully saturated rings. The van der Waals surface area contributed by atoms with Crippen LogP contribution in [0.5, 0.6) is 0 Å². The minimum Gasteiger partial charge on any atom is -0.361 e. The van der Waals surface area contributed by atoms with Gasteiger partial charge in [0.05, 0.1) is 11.0 Å². The van der Waals surface area contributed by atoms with Crippen molar-refractivity contribution in [2.75, 3.05) is 6.61 Å². The van der Waals surface area contributed by atoms with Crippen molar-refractivity contribution in [1.29, 1.82) is 0 Å². The van der Waals surface area contributed by atoms with Crippen molar-refractivity contribution in [3.8, 4) is 0 Å². The van der Waals surface area contributed by atoms with Crippen LogP contribution in [0.15, 0.2) is 18.2 Å².